The molecule has 0 aromatic heterocycles. The highest BCUT2D eigenvalue weighted by Crippen LogP contribution is 2.20. The average molecular weight is 189 g/mol. The summed E-state index contributed by atoms with van der Waals surface area (Å²) in [6.07, 6.45) is 3.92. The summed E-state index contributed by atoms with van der Waals surface area (Å²) in [4.78, 5) is 0. The fourth-order valence-corrected chi connectivity index (χ4v) is 2.37. The van der Waals surface area contributed by atoms with Gasteiger partial charge in [-0.05, 0) is 44.2 Å². The summed E-state index contributed by atoms with van der Waals surface area (Å²) < 4.78 is 0. The Morgan fingerprint density at radius 1 is 1.29 bits per heavy atom. The Balaban J connectivity index is 1.91. The molecule has 1 aliphatic heterocycles. The molecule has 1 nitrogen and oxygen atoms in total. The van der Waals surface area contributed by atoms with Crippen molar-refractivity contribution in [2.45, 2.75) is 32.2 Å². The highest BCUT2D eigenvalue weighted by molar-refractivity contribution is 5.15. The van der Waals surface area contributed by atoms with Gasteiger partial charge in [-0.15, -0.1) is 0 Å². The Kier molecular flexibility index (Phi) is 3.20. The van der Waals surface area contributed by atoms with Crippen molar-refractivity contribution in [2.24, 2.45) is 5.92 Å². The van der Waals surface area contributed by atoms with Gasteiger partial charge >= 0.3 is 0 Å². The maximum atomic E-state index is 3.50. The van der Waals surface area contributed by atoms with Crippen LogP contribution in [0.25, 0.3) is 0 Å². The maximum Gasteiger partial charge on any atom is 0.00414 e. The number of piperidine rings is 1. The van der Waals surface area contributed by atoms with Crippen LogP contribution in [0.1, 0.15) is 25.3 Å². The molecular formula is C13H19N. The topological polar surface area (TPSA) is 12.0 Å². The molecule has 14 heavy (non-hydrogen) atoms. The molecule has 1 aliphatic rings. The largest absolute Gasteiger partial charge is 0.314 e. The van der Waals surface area contributed by atoms with E-state index in [-0.39, 0.29) is 0 Å². The van der Waals surface area contributed by atoms with Crippen LogP contribution in [0, 0.1) is 5.92 Å². The van der Waals surface area contributed by atoms with E-state index < -0.39 is 0 Å². The van der Waals surface area contributed by atoms with Crippen LogP contribution < -0.4 is 5.32 Å². The lowest BCUT2D eigenvalue weighted by Gasteiger charge is -2.28. The molecule has 1 aromatic rings. The lowest BCUT2D eigenvalue weighted by atomic mass is 9.88. The number of nitrogens with one attached hydrogen (secondary N) is 1. The van der Waals surface area contributed by atoms with Gasteiger partial charge in [0.1, 0.15) is 0 Å². The number of benzene rings is 1. The zero-order valence-electron chi connectivity index (χ0n) is 8.87. The van der Waals surface area contributed by atoms with Crippen LogP contribution in [0.3, 0.4) is 0 Å². The molecule has 0 spiro atoms. The molecule has 76 valence electrons. The third-order valence-corrected chi connectivity index (χ3v) is 3.10. The monoisotopic (exact) mass is 189 g/mol. The van der Waals surface area contributed by atoms with Crippen LogP contribution in [0.15, 0.2) is 30.3 Å². The number of hydrogen-bond acceptors (Lipinski definition) is 1. The molecule has 0 amide bonds. The highest BCUT2D eigenvalue weighted by Gasteiger charge is 2.17. The predicted molar refractivity (Wildman–Crippen MR) is 60.3 cm³/mol. The first-order chi connectivity index (χ1) is 6.84. The lowest BCUT2D eigenvalue weighted by Crippen LogP contribution is -2.36. The molecule has 0 saturated carbocycles. The zero-order valence-corrected chi connectivity index (χ0v) is 8.87. The van der Waals surface area contributed by atoms with Crippen LogP contribution in [0.4, 0.5) is 0 Å². The Labute approximate surface area is 86.5 Å². The van der Waals surface area contributed by atoms with Gasteiger partial charge in [0.05, 0.1) is 0 Å². The van der Waals surface area contributed by atoms with Gasteiger partial charge in [-0.1, -0.05) is 30.3 Å². The minimum Gasteiger partial charge on any atom is -0.314 e. The van der Waals surface area contributed by atoms with Crippen LogP contribution in [-0.2, 0) is 6.42 Å². The Morgan fingerprint density at radius 2 is 2.07 bits per heavy atom. The van der Waals surface area contributed by atoms with E-state index in [9.17, 15) is 0 Å². The quantitative estimate of drug-likeness (QED) is 0.754. The van der Waals surface area contributed by atoms with E-state index in [0.717, 1.165) is 5.92 Å². The summed E-state index contributed by atoms with van der Waals surface area (Å²) in [6, 6.07) is 11.6. The molecule has 1 N–H and O–H groups in total. The molecular weight excluding hydrogens is 170 g/mol. The minimum atomic E-state index is 0.706. The molecule has 2 rings (SSSR count). The minimum absolute atomic E-state index is 0.706. The van der Waals surface area contributed by atoms with Crippen molar-refractivity contribution in [3.05, 3.63) is 35.9 Å². The van der Waals surface area contributed by atoms with Gasteiger partial charge in [0.15, 0.2) is 0 Å². The molecule has 0 radical (unpaired) electrons. The standard InChI is InChI=1S/C13H19N/c1-11-9-13(7-8-14-11)10-12-5-3-2-4-6-12/h2-6,11,13-14H,7-10H2,1H3/t11-,13+/m0/s1. The van der Waals surface area contributed by atoms with Gasteiger partial charge in [-0.2, -0.15) is 0 Å². The second-order valence-corrected chi connectivity index (χ2v) is 4.44. The summed E-state index contributed by atoms with van der Waals surface area (Å²) in [6.45, 7) is 3.48. The lowest BCUT2D eigenvalue weighted by molar-refractivity contribution is 0.314. The Morgan fingerprint density at radius 3 is 2.79 bits per heavy atom. The van der Waals surface area contributed by atoms with Crippen LogP contribution >= 0.6 is 0 Å². The van der Waals surface area contributed by atoms with Gasteiger partial charge in [-0.3, -0.25) is 0 Å². The molecule has 0 aliphatic carbocycles. The second-order valence-electron chi connectivity index (χ2n) is 4.44. The highest BCUT2D eigenvalue weighted by atomic mass is 14.9. The fourth-order valence-electron chi connectivity index (χ4n) is 2.37. The van der Waals surface area contributed by atoms with Crippen molar-refractivity contribution in [1.29, 1.82) is 0 Å². The number of rotatable bonds is 2. The molecule has 2 atom stereocenters. The van der Waals surface area contributed by atoms with E-state index in [1.165, 1.54) is 31.4 Å². The van der Waals surface area contributed by atoms with Gasteiger partial charge < -0.3 is 5.32 Å². The van der Waals surface area contributed by atoms with E-state index >= 15 is 0 Å². The molecule has 0 unspecified atom stereocenters. The van der Waals surface area contributed by atoms with Gasteiger partial charge in [-0.25, -0.2) is 0 Å². The maximum absolute atomic E-state index is 3.50. The third kappa shape index (κ3) is 2.58. The second kappa shape index (κ2) is 4.61. The zero-order chi connectivity index (χ0) is 9.80. The predicted octanol–water partition coefficient (Wildman–Crippen LogP) is 2.62. The third-order valence-electron chi connectivity index (χ3n) is 3.10. The van der Waals surface area contributed by atoms with Gasteiger partial charge in [0.2, 0.25) is 0 Å². The summed E-state index contributed by atoms with van der Waals surface area (Å²) in [7, 11) is 0. The first-order valence-electron chi connectivity index (χ1n) is 5.62. The molecule has 1 heterocycles. The van der Waals surface area contributed by atoms with E-state index in [0.29, 0.717) is 6.04 Å². The van der Waals surface area contributed by atoms with E-state index in [2.05, 4.69) is 42.6 Å². The molecule has 1 saturated heterocycles. The van der Waals surface area contributed by atoms with Crippen LogP contribution in [-0.4, -0.2) is 12.6 Å². The summed E-state index contributed by atoms with van der Waals surface area (Å²) in [5.74, 6) is 0.883. The molecule has 1 heteroatoms. The van der Waals surface area contributed by atoms with Crippen LogP contribution in [0.5, 0.6) is 0 Å². The van der Waals surface area contributed by atoms with Gasteiger partial charge in [0, 0.05) is 6.04 Å². The normalized spacial score (nSPS) is 27.5. The van der Waals surface area contributed by atoms with Crippen molar-refractivity contribution in [3.63, 3.8) is 0 Å². The Hall–Kier alpha value is -0.820. The van der Waals surface area contributed by atoms with Crippen LogP contribution in [0.2, 0.25) is 0 Å². The first kappa shape index (κ1) is 9.72. The van der Waals surface area contributed by atoms with Crippen molar-refractivity contribution >= 4 is 0 Å². The SMILES string of the molecule is C[C@H]1C[C@H](Cc2ccccc2)CCN1. The molecule has 1 aromatic carbocycles. The molecule has 0 bridgehead atoms. The van der Waals surface area contributed by atoms with Crippen molar-refractivity contribution in [1.82, 2.24) is 5.32 Å². The van der Waals surface area contributed by atoms with E-state index in [1.54, 1.807) is 0 Å². The smallest absolute Gasteiger partial charge is 0.00414 e. The van der Waals surface area contributed by atoms with Crippen molar-refractivity contribution < 1.29 is 0 Å². The van der Waals surface area contributed by atoms with E-state index in [4.69, 9.17) is 0 Å². The van der Waals surface area contributed by atoms with Crippen molar-refractivity contribution in [2.75, 3.05) is 6.54 Å². The average Bonchev–Trinajstić information content (AvgIpc) is 2.19. The summed E-state index contributed by atoms with van der Waals surface area (Å²) in [5.41, 5.74) is 1.49. The molecule has 1 fully saturated rings. The first-order valence-corrected chi connectivity index (χ1v) is 5.62. The summed E-state index contributed by atoms with van der Waals surface area (Å²) >= 11 is 0. The fraction of sp³-hybridized carbons (Fsp3) is 0.538. The summed E-state index contributed by atoms with van der Waals surface area (Å²) in [5, 5.41) is 3.50. The van der Waals surface area contributed by atoms with E-state index in [1.807, 2.05) is 0 Å². The Bertz CT molecular complexity index is 268. The number of hydrogen-bond donors (Lipinski definition) is 1. The van der Waals surface area contributed by atoms with Gasteiger partial charge in [0.25, 0.3) is 0 Å². The van der Waals surface area contributed by atoms with Crippen molar-refractivity contribution in [3.8, 4) is 0 Å².